The van der Waals surface area contributed by atoms with Crippen LogP contribution in [0.5, 0.6) is 11.5 Å². The van der Waals surface area contributed by atoms with E-state index in [1.54, 1.807) is 0 Å². The van der Waals surface area contributed by atoms with Crippen LogP contribution in [0, 0.1) is 0 Å². The number of nitrogens with zero attached hydrogens (tertiary/aromatic N) is 2. The molecule has 0 spiro atoms. The second-order valence-electron chi connectivity index (χ2n) is 11.2. The van der Waals surface area contributed by atoms with E-state index in [2.05, 4.69) is 58.5 Å². The van der Waals surface area contributed by atoms with Crippen LogP contribution in [0.2, 0.25) is 0 Å². The van der Waals surface area contributed by atoms with Gasteiger partial charge in [-0.15, -0.1) is 0 Å². The lowest BCUT2D eigenvalue weighted by Crippen LogP contribution is -2.14. The molecule has 0 heterocycles. The Hall–Kier alpha value is -4.58. The summed E-state index contributed by atoms with van der Waals surface area (Å²) in [5, 5.41) is 0. The summed E-state index contributed by atoms with van der Waals surface area (Å²) in [5.74, 6) is 2.89. The summed E-state index contributed by atoms with van der Waals surface area (Å²) < 4.78 is 11.8. The minimum Gasteiger partial charge on any atom is -0.494 e. The molecule has 4 aromatic carbocycles. The van der Waals surface area contributed by atoms with Gasteiger partial charge in [0, 0.05) is 24.2 Å². The Labute approximate surface area is 269 Å². The summed E-state index contributed by atoms with van der Waals surface area (Å²) in [7, 11) is 0. The van der Waals surface area contributed by atoms with Gasteiger partial charge in [-0.1, -0.05) is 79.9 Å². The van der Waals surface area contributed by atoms with Crippen molar-refractivity contribution in [2.24, 2.45) is 21.5 Å². The highest BCUT2D eigenvalue weighted by molar-refractivity contribution is 5.98. The minimum absolute atomic E-state index is 0.579. The molecule has 4 N–H and O–H groups in total. The first-order valence-electron chi connectivity index (χ1n) is 16.3. The molecule has 0 aliphatic heterocycles. The second kappa shape index (κ2) is 19.6. The fraction of sp³-hybridized carbons (Fsp3) is 0.333. The first-order chi connectivity index (χ1) is 22.2. The third-order valence-electron chi connectivity index (χ3n) is 7.62. The molecule has 6 heteroatoms. The SMILES string of the molecule is NC(=NCCCc1ccccc1)c1ccc(OCCCCCCCOc2ccc(C(N)=NCCCc3ccccc3)cc2)cc1. The van der Waals surface area contributed by atoms with Crippen LogP contribution in [0.3, 0.4) is 0 Å². The van der Waals surface area contributed by atoms with Gasteiger partial charge < -0.3 is 20.9 Å². The maximum atomic E-state index is 6.19. The smallest absolute Gasteiger partial charge is 0.125 e. The first-order valence-corrected chi connectivity index (χ1v) is 16.3. The number of amidine groups is 2. The normalized spacial score (nSPS) is 11.8. The average molecular weight is 605 g/mol. The molecule has 0 bridgehead atoms. The van der Waals surface area contributed by atoms with Crippen molar-refractivity contribution in [3.8, 4) is 11.5 Å². The van der Waals surface area contributed by atoms with Crippen molar-refractivity contribution in [2.75, 3.05) is 26.3 Å². The summed E-state index contributed by atoms with van der Waals surface area (Å²) in [6, 6.07) is 36.8. The highest BCUT2D eigenvalue weighted by Gasteiger charge is 2.02. The van der Waals surface area contributed by atoms with E-state index < -0.39 is 0 Å². The summed E-state index contributed by atoms with van der Waals surface area (Å²) in [6.45, 7) is 2.87. The van der Waals surface area contributed by atoms with E-state index in [1.807, 2.05) is 60.7 Å². The molecule has 0 saturated carbocycles. The van der Waals surface area contributed by atoms with E-state index in [0.717, 1.165) is 87.1 Å². The molecular formula is C39H48N4O2. The Bertz CT molecular complexity index is 1310. The second-order valence-corrected chi connectivity index (χ2v) is 11.2. The number of nitrogens with two attached hydrogens (primary N) is 2. The van der Waals surface area contributed by atoms with Crippen LogP contribution in [-0.2, 0) is 12.8 Å². The lowest BCUT2D eigenvalue weighted by Gasteiger charge is -2.09. The summed E-state index contributed by atoms with van der Waals surface area (Å²) >= 11 is 0. The van der Waals surface area contributed by atoms with Crippen molar-refractivity contribution < 1.29 is 9.47 Å². The molecule has 4 aromatic rings. The largest absolute Gasteiger partial charge is 0.494 e. The van der Waals surface area contributed by atoms with Crippen LogP contribution < -0.4 is 20.9 Å². The topological polar surface area (TPSA) is 95.2 Å². The van der Waals surface area contributed by atoms with Crippen molar-refractivity contribution in [2.45, 2.75) is 57.8 Å². The van der Waals surface area contributed by atoms with Gasteiger partial charge >= 0.3 is 0 Å². The first kappa shape index (κ1) is 33.3. The molecule has 0 fully saturated rings. The van der Waals surface area contributed by atoms with E-state index in [-0.39, 0.29) is 0 Å². The van der Waals surface area contributed by atoms with Crippen molar-refractivity contribution in [3.63, 3.8) is 0 Å². The van der Waals surface area contributed by atoms with Crippen LogP contribution in [0.1, 0.15) is 67.2 Å². The molecule has 0 unspecified atom stereocenters. The fourth-order valence-electron chi connectivity index (χ4n) is 5.00. The number of hydrogen-bond donors (Lipinski definition) is 2. The number of unbranched alkanes of at least 4 members (excludes halogenated alkanes) is 4. The van der Waals surface area contributed by atoms with Crippen LogP contribution >= 0.6 is 0 Å². The van der Waals surface area contributed by atoms with Crippen molar-refractivity contribution >= 4 is 11.7 Å². The Morgan fingerprint density at radius 2 is 0.822 bits per heavy atom. The van der Waals surface area contributed by atoms with E-state index in [1.165, 1.54) is 17.5 Å². The van der Waals surface area contributed by atoms with Gasteiger partial charge in [-0.2, -0.15) is 0 Å². The molecule has 0 aliphatic rings. The summed E-state index contributed by atoms with van der Waals surface area (Å²) in [5.41, 5.74) is 16.9. The molecule has 45 heavy (non-hydrogen) atoms. The van der Waals surface area contributed by atoms with Crippen LogP contribution in [-0.4, -0.2) is 38.0 Å². The van der Waals surface area contributed by atoms with Crippen LogP contribution in [0.15, 0.2) is 119 Å². The van der Waals surface area contributed by atoms with Crippen molar-refractivity contribution in [3.05, 3.63) is 131 Å². The molecule has 0 saturated heterocycles. The zero-order valence-electron chi connectivity index (χ0n) is 26.5. The van der Waals surface area contributed by atoms with Gasteiger partial charge in [-0.05, 0) is 98.2 Å². The van der Waals surface area contributed by atoms with Gasteiger partial charge in [-0.25, -0.2) is 0 Å². The quantitative estimate of drug-likeness (QED) is 0.0612. The zero-order valence-corrected chi connectivity index (χ0v) is 26.5. The summed E-state index contributed by atoms with van der Waals surface area (Å²) in [6.07, 6.45) is 9.49. The van der Waals surface area contributed by atoms with Crippen LogP contribution in [0.25, 0.3) is 0 Å². The fourth-order valence-corrected chi connectivity index (χ4v) is 5.00. The zero-order chi connectivity index (χ0) is 31.4. The monoisotopic (exact) mass is 604 g/mol. The van der Waals surface area contributed by atoms with Crippen molar-refractivity contribution in [1.29, 1.82) is 0 Å². The maximum absolute atomic E-state index is 6.19. The molecule has 4 rings (SSSR count). The minimum atomic E-state index is 0.579. The molecule has 6 nitrogen and oxygen atoms in total. The highest BCUT2D eigenvalue weighted by atomic mass is 16.5. The number of aryl methyl sites for hydroxylation is 2. The Balaban J connectivity index is 1.00. The predicted octanol–water partition coefficient (Wildman–Crippen LogP) is 7.77. The lowest BCUT2D eigenvalue weighted by atomic mass is 10.1. The molecule has 0 amide bonds. The standard InChI is InChI=1S/C39H48N4O2/c40-38(42-28-12-18-32-14-6-4-7-15-32)34-20-24-36(25-21-34)44-30-10-2-1-3-11-31-45-37-26-22-35(23-27-37)39(41)43-29-13-19-33-16-8-5-9-17-33/h4-9,14-17,20-27H,1-3,10-13,18-19,28-31H2,(H2,40,42)(H2,41,43). The Morgan fingerprint density at radius 1 is 0.444 bits per heavy atom. The van der Waals surface area contributed by atoms with E-state index in [0.29, 0.717) is 24.9 Å². The third-order valence-corrected chi connectivity index (χ3v) is 7.62. The van der Waals surface area contributed by atoms with E-state index in [9.17, 15) is 0 Å². The molecule has 0 atom stereocenters. The van der Waals surface area contributed by atoms with Gasteiger partial charge in [0.1, 0.15) is 23.2 Å². The lowest BCUT2D eigenvalue weighted by molar-refractivity contribution is 0.293. The Morgan fingerprint density at radius 3 is 1.22 bits per heavy atom. The number of benzene rings is 4. The Kier molecular flexibility index (Phi) is 14.5. The van der Waals surface area contributed by atoms with E-state index >= 15 is 0 Å². The number of ether oxygens (including phenoxy) is 2. The average Bonchev–Trinajstić information content (AvgIpc) is 3.09. The van der Waals surface area contributed by atoms with Crippen molar-refractivity contribution in [1.82, 2.24) is 0 Å². The number of hydrogen-bond acceptors (Lipinski definition) is 4. The van der Waals surface area contributed by atoms with Gasteiger partial charge in [0.15, 0.2) is 0 Å². The highest BCUT2D eigenvalue weighted by Crippen LogP contribution is 2.15. The molecular weight excluding hydrogens is 556 g/mol. The van der Waals surface area contributed by atoms with Gasteiger partial charge in [0.25, 0.3) is 0 Å². The number of rotatable bonds is 20. The molecule has 236 valence electrons. The third kappa shape index (κ3) is 12.9. The molecule has 0 aliphatic carbocycles. The molecule has 0 aromatic heterocycles. The summed E-state index contributed by atoms with van der Waals surface area (Å²) in [4.78, 5) is 9.08. The molecule has 0 radical (unpaired) electrons. The maximum Gasteiger partial charge on any atom is 0.125 e. The van der Waals surface area contributed by atoms with Gasteiger partial charge in [0.2, 0.25) is 0 Å². The predicted molar refractivity (Wildman–Crippen MR) is 188 cm³/mol. The van der Waals surface area contributed by atoms with E-state index in [4.69, 9.17) is 20.9 Å². The van der Waals surface area contributed by atoms with Crippen LogP contribution in [0.4, 0.5) is 0 Å². The van der Waals surface area contributed by atoms with Gasteiger partial charge in [-0.3, -0.25) is 9.98 Å². The number of aliphatic imine (C=N–C) groups is 2. The van der Waals surface area contributed by atoms with Gasteiger partial charge in [0.05, 0.1) is 13.2 Å².